The van der Waals surface area contributed by atoms with Crippen LogP contribution in [0.4, 0.5) is 5.69 Å². The number of hydrogen-bond donors (Lipinski definition) is 2. The van der Waals surface area contributed by atoms with E-state index in [2.05, 4.69) is 0 Å². The molecule has 58 valence electrons. The molecule has 1 heterocycles. The van der Waals surface area contributed by atoms with E-state index in [1.54, 1.807) is 0 Å². The van der Waals surface area contributed by atoms with Crippen molar-refractivity contribution in [3.8, 4) is 5.75 Å². The highest BCUT2D eigenvalue weighted by molar-refractivity contribution is 5.50. The highest BCUT2D eigenvalue weighted by Gasteiger charge is 2.19. The van der Waals surface area contributed by atoms with Gasteiger partial charge in [-0.15, -0.1) is 0 Å². The lowest BCUT2D eigenvalue weighted by atomic mass is 10.1. The van der Waals surface area contributed by atoms with Crippen molar-refractivity contribution < 1.29 is 4.74 Å². The first kappa shape index (κ1) is 6.49. The van der Waals surface area contributed by atoms with Crippen molar-refractivity contribution in [3.63, 3.8) is 0 Å². The number of rotatable bonds is 0. The van der Waals surface area contributed by atoms with Crippen LogP contribution < -0.4 is 16.2 Å². The number of nitrogens with two attached hydrogens (primary N) is 2. The van der Waals surface area contributed by atoms with Gasteiger partial charge in [0, 0.05) is 11.3 Å². The second-order valence-electron chi connectivity index (χ2n) is 2.71. The summed E-state index contributed by atoms with van der Waals surface area (Å²) in [6.07, 6.45) is 0. The molecule has 0 aromatic heterocycles. The summed E-state index contributed by atoms with van der Waals surface area (Å²) in [5.74, 6) is 0.867. The number of anilines is 1. The Balaban J connectivity index is 2.52. The number of benzene rings is 1. The van der Waals surface area contributed by atoms with Crippen molar-refractivity contribution >= 4 is 5.69 Å². The largest absolute Gasteiger partial charge is 0.491 e. The normalized spacial score (nSPS) is 21.0. The lowest BCUT2D eigenvalue weighted by molar-refractivity contribution is 0.333. The molecule has 11 heavy (non-hydrogen) atoms. The number of hydrogen-bond acceptors (Lipinski definition) is 3. The molecule has 1 unspecified atom stereocenters. The van der Waals surface area contributed by atoms with Crippen molar-refractivity contribution in [1.82, 2.24) is 0 Å². The molecule has 1 aromatic carbocycles. The predicted molar refractivity (Wildman–Crippen MR) is 43.3 cm³/mol. The maximum atomic E-state index is 5.73. The maximum absolute atomic E-state index is 5.73. The first-order chi connectivity index (χ1) is 5.27. The molecular weight excluding hydrogens is 140 g/mol. The Hall–Kier alpha value is -1.22. The monoisotopic (exact) mass is 150 g/mol. The Morgan fingerprint density at radius 3 is 3.09 bits per heavy atom. The molecule has 4 N–H and O–H groups in total. The Morgan fingerprint density at radius 2 is 2.27 bits per heavy atom. The molecule has 2 rings (SSSR count). The fraction of sp³-hybridized carbons (Fsp3) is 0.250. The molecule has 1 aliphatic heterocycles. The van der Waals surface area contributed by atoms with Crippen molar-refractivity contribution in [3.05, 3.63) is 23.8 Å². The van der Waals surface area contributed by atoms with Crippen LogP contribution in [0, 0.1) is 0 Å². The Kier molecular flexibility index (Phi) is 1.26. The maximum Gasteiger partial charge on any atom is 0.124 e. The van der Waals surface area contributed by atoms with Gasteiger partial charge in [0.05, 0.1) is 6.04 Å². The van der Waals surface area contributed by atoms with Crippen LogP contribution in [0.2, 0.25) is 0 Å². The molecule has 3 nitrogen and oxygen atoms in total. The van der Waals surface area contributed by atoms with Gasteiger partial charge in [-0.1, -0.05) is 0 Å². The summed E-state index contributed by atoms with van der Waals surface area (Å²) < 4.78 is 5.29. The molecule has 0 bridgehead atoms. The topological polar surface area (TPSA) is 61.3 Å². The van der Waals surface area contributed by atoms with E-state index in [0.717, 1.165) is 17.0 Å². The van der Waals surface area contributed by atoms with Gasteiger partial charge in [-0.2, -0.15) is 0 Å². The molecular formula is C8H10N2O. The fourth-order valence-electron chi connectivity index (χ4n) is 1.26. The van der Waals surface area contributed by atoms with Crippen LogP contribution in [0.15, 0.2) is 18.2 Å². The minimum absolute atomic E-state index is 0.00602. The molecule has 1 aromatic rings. The van der Waals surface area contributed by atoms with Crippen molar-refractivity contribution in [2.24, 2.45) is 5.73 Å². The Bertz CT molecular complexity index is 285. The third-order valence-electron chi connectivity index (χ3n) is 1.85. The summed E-state index contributed by atoms with van der Waals surface area (Å²) in [5, 5.41) is 0. The minimum Gasteiger partial charge on any atom is -0.491 e. The minimum atomic E-state index is -0.00602. The van der Waals surface area contributed by atoms with Gasteiger partial charge in [0.25, 0.3) is 0 Å². The summed E-state index contributed by atoms with van der Waals surface area (Å²) in [6.45, 7) is 0.568. The van der Waals surface area contributed by atoms with Crippen LogP contribution in [-0.2, 0) is 0 Å². The van der Waals surface area contributed by atoms with E-state index in [1.807, 2.05) is 18.2 Å². The zero-order valence-electron chi connectivity index (χ0n) is 6.08. The van der Waals surface area contributed by atoms with E-state index < -0.39 is 0 Å². The average molecular weight is 150 g/mol. The molecule has 0 amide bonds. The van der Waals surface area contributed by atoms with Gasteiger partial charge in [-0.25, -0.2) is 0 Å². The molecule has 0 aliphatic carbocycles. The van der Waals surface area contributed by atoms with E-state index in [0.29, 0.717) is 6.61 Å². The molecule has 1 aliphatic rings. The van der Waals surface area contributed by atoms with Crippen molar-refractivity contribution in [1.29, 1.82) is 0 Å². The van der Waals surface area contributed by atoms with Gasteiger partial charge >= 0.3 is 0 Å². The van der Waals surface area contributed by atoms with Crippen LogP contribution in [0.5, 0.6) is 5.75 Å². The van der Waals surface area contributed by atoms with Crippen LogP contribution in [-0.4, -0.2) is 6.61 Å². The lowest BCUT2D eigenvalue weighted by Gasteiger charge is -2.00. The lowest BCUT2D eigenvalue weighted by Crippen LogP contribution is -2.10. The fourth-order valence-corrected chi connectivity index (χ4v) is 1.26. The van der Waals surface area contributed by atoms with Crippen LogP contribution in [0.25, 0.3) is 0 Å². The van der Waals surface area contributed by atoms with Gasteiger partial charge in [-0.3, -0.25) is 0 Å². The zero-order chi connectivity index (χ0) is 7.84. The standard InChI is InChI=1S/C8H10N2O/c9-5-1-2-8-6(3-5)7(10)4-11-8/h1-3,7H,4,9-10H2. The second kappa shape index (κ2) is 2.13. The Morgan fingerprint density at radius 1 is 1.45 bits per heavy atom. The summed E-state index contributed by atoms with van der Waals surface area (Å²) in [7, 11) is 0. The van der Waals surface area contributed by atoms with E-state index in [9.17, 15) is 0 Å². The third-order valence-corrected chi connectivity index (χ3v) is 1.85. The van der Waals surface area contributed by atoms with E-state index >= 15 is 0 Å². The van der Waals surface area contributed by atoms with E-state index in [-0.39, 0.29) is 6.04 Å². The number of nitrogen functional groups attached to an aromatic ring is 1. The summed E-state index contributed by atoms with van der Waals surface area (Å²) >= 11 is 0. The highest BCUT2D eigenvalue weighted by Crippen LogP contribution is 2.31. The summed E-state index contributed by atoms with van der Waals surface area (Å²) in [5.41, 5.74) is 13.1. The van der Waals surface area contributed by atoms with Gasteiger partial charge in [0.15, 0.2) is 0 Å². The second-order valence-corrected chi connectivity index (χ2v) is 2.71. The third kappa shape index (κ3) is 0.935. The van der Waals surface area contributed by atoms with Crippen molar-refractivity contribution in [2.75, 3.05) is 12.3 Å². The Labute approximate surface area is 64.9 Å². The molecule has 0 spiro atoms. The average Bonchev–Trinajstić information content (AvgIpc) is 2.33. The van der Waals surface area contributed by atoms with Crippen LogP contribution in [0.1, 0.15) is 11.6 Å². The summed E-state index contributed by atoms with van der Waals surface area (Å²) in [4.78, 5) is 0. The number of ether oxygens (including phenoxy) is 1. The van der Waals surface area contributed by atoms with Crippen LogP contribution >= 0.6 is 0 Å². The highest BCUT2D eigenvalue weighted by atomic mass is 16.5. The van der Waals surface area contributed by atoms with Gasteiger partial charge in [0.2, 0.25) is 0 Å². The van der Waals surface area contributed by atoms with Gasteiger partial charge in [-0.05, 0) is 18.2 Å². The SMILES string of the molecule is Nc1ccc2c(c1)C(N)CO2. The first-order valence-corrected chi connectivity index (χ1v) is 3.55. The molecule has 0 fully saturated rings. The van der Waals surface area contributed by atoms with E-state index in [1.165, 1.54) is 0 Å². The van der Waals surface area contributed by atoms with Crippen LogP contribution in [0.3, 0.4) is 0 Å². The zero-order valence-corrected chi connectivity index (χ0v) is 6.08. The molecule has 0 saturated heterocycles. The van der Waals surface area contributed by atoms with Gasteiger partial charge in [0.1, 0.15) is 12.4 Å². The molecule has 0 saturated carbocycles. The smallest absolute Gasteiger partial charge is 0.124 e. The predicted octanol–water partition coefficient (Wildman–Crippen LogP) is 0.661. The summed E-state index contributed by atoms with van der Waals surface area (Å²) in [6, 6.07) is 5.54. The molecule has 0 radical (unpaired) electrons. The quantitative estimate of drug-likeness (QED) is 0.534. The van der Waals surface area contributed by atoms with Crippen molar-refractivity contribution in [2.45, 2.75) is 6.04 Å². The van der Waals surface area contributed by atoms with Gasteiger partial charge < -0.3 is 16.2 Å². The first-order valence-electron chi connectivity index (χ1n) is 3.55. The molecule has 3 heteroatoms. The van der Waals surface area contributed by atoms with E-state index in [4.69, 9.17) is 16.2 Å². The number of fused-ring (bicyclic) bond motifs is 1. The molecule has 1 atom stereocenters.